The van der Waals surface area contributed by atoms with E-state index in [2.05, 4.69) is 5.32 Å². The van der Waals surface area contributed by atoms with E-state index < -0.39 is 5.60 Å². The molecular formula is C12H18N2O3. The molecule has 2 N–H and O–H groups in total. The van der Waals surface area contributed by atoms with Gasteiger partial charge in [-0.15, -0.1) is 0 Å². The van der Waals surface area contributed by atoms with E-state index in [4.69, 9.17) is 0 Å². The first-order valence-corrected chi connectivity index (χ1v) is 5.38. The summed E-state index contributed by atoms with van der Waals surface area (Å²) >= 11 is 0. The van der Waals surface area contributed by atoms with Crippen LogP contribution in [0.1, 0.15) is 41.6 Å². The van der Waals surface area contributed by atoms with E-state index in [0.717, 1.165) is 0 Å². The van der Waals surface area contributed by atoms with Crippen LogP contribution >= 0.6 is 0 Å². The number of aliphatic hydroxyl groups is 1. The first kappa shape index (κ1) is 13.4. The Labute approximate surface area is 100 Å². The van der Waals surface area contributed by atoms with Crippen molar-refractivity contribution >= 4 is 11.7 Å². The SMILES string of the molecule is CC(=O)c1cc(C(=O)NCC(C)(C)O)n(C)c1. The predicted octanol–water partition coefficient (Wildman–Crippen LogP) is 0.728. The van der Waals surface area contributed by atoms with Crippen LogP contribution in [-0.2, 0) is 7.05 Å². The predicted molar refractivity (Wildman–Crippen MR) is 64.0 cm³/mol. The summed E-state index contributed by atoms with van der Waals surface area (Å²) in [6.45, 7) is 4.83. The highest BCUT2D eigenvalue weighted by atomic mass is 16.3. The number of hydrogen-bond donors (Lipinski definition) is 2. The number of carbonyl (C=O) groups excluding carboxylic acids is 2. The Balaban J connectivity index is 2.79. The van der Waals surface area contributed by atoms with Gasteiger partial charge < -0.3 is 15.0 Å². The fraction of sp³-hybridized carbons (Fsp3) is 0.500. The molecule has 1 aromatic heterocycles. The maximum absolute atomic E-state index is 11.8. The molecule has 1 amide bonds. The summed E-state index contributed by atoms with van der Waals surface area (Å²) < 4.78 is 1.59. The van der Waals surface area contributed by atoms with E-state index in [0.29, 0.717) is 11.3 Å². The lowest BCUT2D eigenvalue weighted by Gasteiger charge is -2.17. The second kappa shape index (κ2) is 4.71. The molecule has 0 aliphatic heterocycles. The fourth-order valence-corrected chi connectivity index (χ4v) is 1.37. The first-order valence-electron chi connectivity index (χ1n) is 5.38. The lowest BCUT2D eigenvalue weighted by Crippen LogP contribution is -2.38. The number of nitrogens with one attached hydrogen (secondary N) is 1. The van der Waals surface area contributed by atoms with Crippen LogP contribution in [0.15, 0.2) is 12.3 Å². The molecule has 1 aromatic rings. The monoisotopic (exact) mass is 238 g/mol. The summed E-state index contributed by atoms with van der Waals surface area (Å²) in [4.78, 5) is 23.0. The molecule has 94 valence electrons. The normalized spacial score (nSPS) is 11.4. The second-order valence-electron chi connectivity index (χ2n) is 4.78. The zero-order chi connectivity index (χ0) is 13.2. The number of hydrogen-bond acceptors (Lipinski definition) is 3. The van der Waals surface area contributed by atoms with Crippen molar-refractivity contribution in [3.05, 3.63) is 23.5 Å². The van der Waals surface area contributed by atoms with Crippen molar-refractivity contribution in [1.29, 1.82) is 0 Å². The molecule has 0 radical (unpaired) electrons. The van der Waals surface area contributed by atoms with Gasteiger partial charge in [0, 0.05) is 25.4 Å². The van der Waals surface area contributed by atoms with Gasteiger partial charge in [0.15, 0.2) is 5.78 Å². The number of ketones is 1. The number of nitrogens with zero attached hydrogens (tertiary/aromatic N) is 1. The Morgan fingerprint density at radius 2 is 2.06 bits per heavy atom. The Hall–Kier alpha value is -1.62. The largest absolute Gasteiger partial charge is 0.389 e. The van der Waals surface area contributed by atoms with Crippen molar-refractivity contribution < 1.29 is 14.7 Å². The molecule has 0 aromatic carbocycles. The number of amides is 1. The number of rotatable bonds is 4. The molecule has 0 aliphatic carbocycles. The van der Waals surface area contributed by atoms with Crippen molar-refractivity contribution in [3.8, 4) is 0 Å². The first-order chi connectivity index (χ1) is 7.70. The van der Waals surface area contributed by atoms with Gasteiger partial charge in [-0.05, 0) is 26.8 Å². The topological polar surface area (TPSA) is 71.3 Å². The summed E-state index contributed by atoms with van der Waals surface area (Å²) in [5, 5.41) is 12.1. The van der Waals surface area contributed by atoms with Crippen LogP contribution in [0.2, 0.25) is 0 Å². The minimum Gasteiger partial charge on any atom is -0.389 e. The van der Waals surface area contributed by atoms with Crippen molar-refractivity contribution in [1.82, 2.24) is 9.88 Å². The molecule has 0 unspecified atom stereocenters. The minimum atomic E-state index is -0.954. The van der Waals surface area contributed by atoms with Crippen LogP contribution in [0.4, 0.5) is 0 Å². The maximum atomic E-state index is 11.8. The van der Waals surface area contributed by atoms with E-state index in [1.54, 1.807) is 37.7 Å². The third-order valence-electron chi connectivity index (χ3n) is 2.33. The Bertz CT molecular complexity index is 441. The van der Waals surface area contributed by atoms with Gasteiger partial charge in [-0.2, -0.15) is 0 Å². The highest BCUT2D eigenvalue weighted by Gasteiger charge is 2.17. The van der Waals surface area contributed by atoms with Gasteiger partial charge in [0.1, 0.15) is 5.69 Å². The van der Waals surface area contributed by atoms with E-state index in [-0.39, 0.29) is 18.2 Å². The highest BCUT2D eigenvalue weighted by molar-refractivity contribution is 5.99. The van der Waals surface area contributed by atoms with Gasteiger partial charge in [0.2, 0.25) is 0 Å². The van der Waals surface area contributed by atoms with E-state index in [1.165, 1.54) is 6.92 Å². The molecule has 0 bridgehead atoms. The molecule has 0 saturated carbocycles. The van der Waals surface area contributed by atoms with E-state index >= 15 is 0 Å². The van der Waals surface area contributed by atoms with Gasteiger partial charge in [-0.25, -0.2) is 0 Å². The maximum Gasteiger partial charge on any atom is 0.268 e. The zero-order valence-corrected chi connectivity index (χ0v) is 10.6. The van der Waals surface area contributed by atoms with Crippen molar-refractivity contribution in [2.24, 2.45) is 7.05 Å². The standard InChI is InChI=1S/C12H18N2O3/c1-8(15)9-5-10(14(4)6-9)11(16)13-7-12(2,3)17/h5-6,17H,7H2,1-4H3,(H,13,16). The van der Waals surface area contributed by atoms with Crippen molar-refractivity contribution in [2.75, 3.05) is 6.54 Å². The number of aryl methyl sites for hydroxylation is 1. The summed E-state index contributed by atoms with van der Waals surface area (Å²) in [6, 6.07) is 1.54. The third kappa shape index (κ3) is 3.71. The Morgan fingerprint density at radius 1 is 1.47 bits per heavy atom. The van der Waals surface area contributed by atoms with Crippen LogP contribution in [0.3, 0.4) is 0 Å². The van der Waals surface area contributed by atoms with E-state index in [9.17, 15) is 14.7 Å². The lowest BCUT2D eigenvalue weighted by molar-refractivity contribution is 0.0690. The molecule has 0 spiro atoms. The zero-order valence-electron chi connectivity index (χ0n) is 10.6. The van der Waals surface area contributed by atoms with Crippen LogP contribution in [0.5, 0.6) is 0 Å². The second-order valence-corrected chi connectivity index (χ2v) is 4.78. The van der Waals surface area contributed by atoms with E-state index in [1.807, 2.05) is 0 Å². The molecular weight excluding hydrogens is 220 g/mol. The molecule has 1 heterocycles. The van der Waals surface area contributed by atoms with Crippen LogP contribution in [0, 0.1) is 0 Å². The average molecular weight is 238 g/mol. The summed E-state index contributed by atoms with van der Waals surface area (Å²) in [6.07, 6.45) is 1.61. The smallest absolute Gasteiger partial charge is 0.268 e. The molecule has 17 heavy (non-hydrogen) atoms. The van der Waals surface area contributed by atoms with Gasteiger partial charge in [0.05, 0.1) is 5.60 Å². The molecule has 0 fully saturated rings. The third-order valence-corrected chi connectivity index (χ3v) is 2.33. The fourth-order valence-electron chi connectivity index (χ4n) is 1.37. The molecule has 1 rings (SSSR count). The van der Waals surface area contributed by atoms with Gasteiger partial charge in [0.25, 0.3) is 5.91 Å². The van der Waals surface area contributed by atoms with Gasteiger partial charge >= 0.3 is 0 Å². The van der Waals surface area contributed by atoms with Crippen molar-refractivity contribution in [3.63, 3.8) is 0 Å². The molecule has 5 heteroatoms. The lowest BCUT2D eigenvalue weighted by atomic mass is 10.1. The Kier molecular flexibility index (Phi) is 3.72. The Morgan fingerprint density at radius 3 is 2.47 bits per heavy atom. The summed E-state index contributed by atoms with van der Waals surface area (Å²) in [5.74, 6) is -0.385. The quantitative estimate of drug-likeness (QED) is 0.760. The number of Topliss-reactive ketones (excluding diaryl/α,β-unsaturated/α-hetero) is 1. The number of carbonyl (C=O) groups is 2. The van der Waals surface area contributed by atoms with Crippen LogP contribution < -0.4 is 5.32 Å². The summed E-state index contributed by atoms with van der Waals surface area (Å²) in [5.41, 5.74) is -0.0510. The molecule has 5 nitrogen and oxygen atoms in total. The molecule has 0 atom stereocenters. The van der Waals surface area contributed by atoms with Gasteiger partial charge in [-0.1, -0.05) is 0 Å². The number of aromatic nitrogens is 1. The molecule has 0 aliphatic rings. The molecule has 0 saturated heterocycles. The van der Waals surface area contributed by atoms with Crippen molar-refractivity contribution in [2.45, 2.75) is 26.4 Å². The summed E-state index contributed by atoms with van der Waals surface area (Å²) in [7, 11) is 1.70. The highest BCUT2D eigenvalue weighted by Crippen LogP contribution is 2.08. The van der Waals surface area contributed by atoms with Crippen LogP contribution in [-0.4, -0.2) is 33.5 Å². The minimum absolute atomic E-state index is 0.0814. The van der Waals surface area contributed by atoms with Crippen LogP contribution in [0.25, 0.3) is 0 Å². The van der Waals surface area contributed by atoms with Gasteiger partial charge in [-0.3, -0.25) is 9.59 Å². The average Bonchev–Trinajstić information content (AvgIpc) is 2.56.